The highest BCUT2D eigenvalue weighted by Gasteiger charge is 2.19. The zero-order valence-electron chi connectivity index (χ0n) is 11.5. The molecule has 20 heavy (non-hydrogen) atoms. The number of hydrogen-bond donors (Lipinski definition) is 2. The number of nitrogens with two attached hydrogens (primary N) is 1. The average molecular weight is 405 g/mol. The van der Waals surface area contributed by atoms with Crippen molar-refractivity contribution in [3.05, 3.63) is 49.8 Å². The fourth-order valence-corrected chi connectivity index (χ4v) is 3.25. The molecule has 2 rings (SSSR count). The van der Waals surface area contributed by atoms with Gasteiger partial charge in [0.15, 0.2) is 0 Å². The van der Waals surface area contributed by atoms with Crippen LogP contribution in [0.5, 0.6) is 0 Å². The predicted octanol–water partition coefficient (Wildman–Crippen LogP) is 3.22. The Hall–Kier alpha value is -0.630. The van der Waals surface area contributed by atoms with Crippen molar-refractivity contribution in [2.75, 3.05) is 0 Å². The van der Waals surface area contributed by atoms with Gasteiger partial charge in [-0.25, -0.2) is 0 Å². The van der Waals surface area contributed by atoms with Gasteiger partial charge in [-0.3, -0.25) is 16.0 Å². The van der Waals surface area contributed by atoms with E-state index in [-0.39, 0.29) is 6.04 Å². The fourth-order valence-electron chi connectivity index (χ4n) is 2.27. The molecular weight excluding hydrogens is 387 g/mol. The molecule has 0 saturated heterocycles. The second-order valence-corrected chi connectivity index (χ2v) is 6.15. The van der Waals surface area contributed by atoms with E-state index in [1.165, 1.54) is 9.13 Å². The average Bonchev–Trinajstić information content (AvgIpc) is 2.73. The molecule has 0 bridgehead atoms. The molecule has 108 valence electrons. The lowest BCUT2D eigenvalue weighted by molar-refractivity contribution is 0.515. The molecule has 0 amide bonds. The molecule has 0 aliphatic heterocycles. The summed E-state index contributed by atoms with van der Waals surface area (Å²) in [5.74, 6) is 5.74. The molecule has 0 aliphatic rings. The van der Waals surface area contributed by atoms with E-state index in [2.05, 4.69) is 52.2 Å². The normalized spacial score (nSPS) is 12.7. The van der Waals surface area contributed by atoms with E-state index < -0.39 is 0 Å². The van der Waals surface area contributed by atoms with Crippen LogP contribution in [-0.4, -0.2) is 9.78 Å². The SMILES string of the molecule is CCn1nc(C)c(Cl)c1CC(NN)c1ccccc1I. The summed E-state index contributed by atoms with van der Waals surface area (Å²) in [6, 6.07) is 8.21. The fraction of sp³-hybridized carbons (Fsp3) is 0.357. The zero-order chi connectivity index (χ0) is 14.7. The molecule has 0 aliphatic carbocycles. The van der Waals surface area contributed by atoms with Gasteiger partial charge in [0.25, 0.3) is 0 Å². The van der Waals surface area contributed by atoms with E-state index >= 15 is 0 Å². The summed E-state index contributed by atoms with van der Waals surface area (Å²) in [7, 11) is 0. The van der Waals surface area contributed by atoms with Crippen LogP contribution in [0.15, 0.2) is 24.3 Å². The lowest BCUT2D eigenvalue weighted by Gasteiger charge is -2.18. The molecule has 2 aromatic rings. The van der Waals surface area contributed by atoms with Crippen LogP contribution in [0.2, 0.25) is 5.02 Å². The summed E-state index contributed by atoms with van der Waals surface area (Å²) in [6.45, 7) is 4.78. The van der Waals surface area contributed by atoms with Crippen molar-refractivity contribution >= 4 is 34.2 Å². The van der Waals surface area contributed by atoms with Gasteiger partial charge >= 0.3 is 0 Å². The molecule has 1 atom stereocenters. The number of halogens is 2. The molecule has 0 saturated carbocycles. The van der Waals surface area contributed by atoms with Crippen LogP contribution in [0, 0.1) is 10.5 Å². The monoisotopic (exact) mass is 404 g/mol. The first kappa shape index (κ1) is 15.8. The number of aromatic nitrogens is 2. The van der Waals surface area contributed by atoms with Crippen molar-refractivity contribution in [1.29, 1.82) is 0 Å². The maximum absolute atomic E-state index is 6.37. The molecule has 1 aromatic carbocycles. The van der Waals surface area contributed by atoms with Crippen molar-refractivity contribution < 1.29 is 0 Å². The minimum absolute atomic E-state index is 0.0157. The predicted molar refractivity (Wildman–Crippen MR) is 90.6 cm³/mol. The van der Waals surface area contributed by atoms with Crippen LogP contribution in [0.25, 0.3) is 0 Å². The smallest absolute Gasteiger partial charge is 0.0847 e. The van der Waals surface area contributed by atoms with Gasteiger partial charge in [-0.1, -0.05) is 29.8 Å². The first-order valence-corrected chi connectivity index (χ1v) is 7.96. The molecule has 1 heterocycles. The van der Waals surface area contributed by atoms with Gasteiger partial charge in [0.05, 0.1) is 22.5 Å². The second kappa shape index (κ2) is 6.89. The van der Waals surface area contributed by atoms with E-state index in [4.69, 9.17) is 17.4 Å². The van der Waals surface area contributed by atoms with E-state index in [1.807, 2.05) is 23.7 Å². The van der Waals surface area contributed by atoms with Gasteiger partial charge in [0, 0.05) is 16.5 Å². The third kappa shape index (κ3) is 3.16. The molecule has 1 aromatic heterocycles. The first-order chi connectivity index (χ1) is 9.58. The van der Waals surface area contributed by atoms with E-state index in [1.54, 1.807) is 0 Å². The quantitative estimate of drug-likeness (QED) is 0.457. The molecule has 0 spiro atoms. The minimum atomic E-state index is 0.0157. The van der Waals surface area contributed by atoms with Crippen molar-refractivity contribution in [2.45, 2.75) is 32.9 Å². The van der Waals surface area contributed by atoms with Crippen molar-refractivity contribution in [3.8, 4) is 0 Å². The lowest BCUT2D eigenvalue weighted by atomic mass is 10.0. The lowest BCUT2D eigenvalue weighted by Crippen LogP contribution is -2.30. The van der Waals surface area contributed by atoms with Gasteiger partial charge in [-0.2, -0.15) is 5.10 Å². The Morgan fingerprint density at radius 1 is 1.45 bits per heavy atom. The van der Waals surface area contributed by atoms with Gasteiger partial charge in [0.1, 0.15) is 0 Å². The Morgan fingerprint density at radius 2 is 2.15 bits per heavy atom. The standard InChI is InChI=1S/C14H18ClIN4/c1-3-20-13(14(15)9(2)19-20)8-12(18-17)10-6-4-5-7-11(10)16/h4-7,12,18H,3,8,17H2,1-2H3. The van der Waals surface area contributed by atoms with Gasteiger partial charge < -0.3 is 0 Å². The summed E-state index contributed by atoms with van der Waals surface area (Å²) in [5.41, 5.74) is 5.95. The van der Waals surface area contributed by atoms with Crippen LogP contribution in [-0.2, 0) is 13.0 Å². The topological polar surface area (TPSA) is 55.9 Å². The van der Waals surface area contributed by atoms with Crippen molar-refractivity contribution in [1.82, 2.24) is 15.2 Å². The van der Waals surface area contributed by atoms with Gasteiger partial charge in [-0.05, 0) is 48.1 Å². The van der Waals surface area contributed by atoms with Crippen molar-refractivity contribution in [3.63, 3.8) is 0 Å². The Balaban J connectivity index is 2.34. The summed E-state index contributed by atoms with van der Waals surface area (Å²) in [6.07, 6.45) is 0.712. The van der Waals surface area contributed by atoms with E-state index in [9.17, 15) is 0 Å². The molecule has 0 fully saturated rings. The van der Waals surface area contributed by atoms with Crippen LogP contribution >= 0.6 is 34.2 Å². The number of hydrogen-bond acceptors (Lipinski definition) is 3. The van der Waals surface area contributed by atoms with Crippen LogP contribution in [0.3, 0.4) is 0 Å². The van der Waals surface area contributed by atoms with E-state index in [0.717, 1.165) is 23.0 Å². The largest absolute Gasteiger partial charge is 0.271 e. The maximum atomic E-state index is 6.37. The number of nitrogens with zero attached hydrogens (tertiary/aromatic N) is 2. The number of hydrazine groups is 1. The Morgan fingerprint density at radius 3 is 2.75 bits per heavy atom. The third-order valence-electron chi connectivity index (χ3n) is 3.33. The Kier molecular flexibility index (Phi) is 5.42. The zero-order valence-corrected chi connectivity index (χ0v) is 14.4. The van der Waals surface area contributed by atoms with Gasteiger partial charge in [0.2, 0.25) is 0 Å². The summed E-state index contributed by atoms with van der Waals surface area (Å²) < 4.78 is 3.13. The number of aryl methyl sites for hydroxylation is 2. The number of rotatable bonds is 5. The molecule has 4 nitrogen and oxygen atoms in total. The molecule has 6 heteroatoms. The molecule has 1 unspecified atom stereocenters. The molecule has 0 radical (unpaired) electrons. The summed E-state index contributed by atoms with van der Waals surface area (Å²) in [5, 5.41) is 5.18. The second-order valence-electron chi connectivity index (χ2n) is 4.61. The highest BCUT2D eigenvalue weighted by molar-refractivity contribution is 14.1. The maximum Gasteiger partial charge on any atom is 0.0847 e. The number of nitrogens with one attached hydrogen (secondary N) is 1. The van der Waals surface area contributed by atoms with Crippen molar-refractivity contribution in [2.24, 2.45) is 5.84 Å². The Labute approximate surface area is 137 Å². The highest BCUT2D eigenvalue weighted by Crippen LogP contribution is 2.27. The first-order valence-electron chi connectivity index (χ1n) is 6.50. The molecule has 3 N–H and O–H groups in total. The molecular formula is C14H18ClIN4. The highest BCUT2D eigenvalue weighted by atomic mass is 127. The van der Waals surface area contributed by atoms with Crippen LogP contribution < -0.4 is 11.3 Å². The summed E-state index contributed by atoms with van der Waals surface area (Å²) in [4.78, 5) is 0. The minimum Gasteiger partial charge on any atom is -0.271 e. The van der Waals surface area contributed by atoms with Gasteiger partial charge in [-0.15, -0.1) is 0 Å². The van der Waals surface area contributed by atoms with Crippen LogP contribution in [0.4, 0.5) is 0 Å². The van der Waals surface area contributed by atoms with E-state index in [0.29, 0.717) is 6.42 Å². The third-order valence-corrected chi connectivity index (χ3v) is 4.81. The number of benzene rings is 1. The van der Waals surface area contributed by atoms with Crippen LogP contribution in [0.1, 0.15) is 29.9 Å². The summed E-state index contributed by atoms with van der Waals surface area (Å²) >= 11 is 8.69. The Bertz CT molecular complexity index is 597.